The summed E-state index contributed by atoms with van der Waals surface area (Å²) >= 11 is 0. The molecule has 0 amide bonds. The van der Waals surface area contributed by atoms with Crippen LogP contribution in [0.3, 0.4) is 0 Å². The highest BCUT2D eigenvalue weighted by Gasteiger charge is 1.97. The van der Waals surface area contributed by atoms with Gasteiger partial charge in [0.25, 0.3) is 5.56 Å². The number of nitrogens with one attached hydrogen (secondary N) is 1. The normalized spacial score (nSPS) is 9.33. The molecule has 1 aromatic rings. The maximum absolute atomic E-state index is 11.0. The molecule has 1 rings (SSSR count). The Bertz CT molecular complexity index is 434. The zero-order chi connectivity index (χ0) is 9.14. The molecule has 0 saturated heterocycles. The minimum atomic E-state index is -0.469. The third-order valence-electron chi connectivity index (χ3n) is 1.45. The number of terminal acetylenes is 1. The Balaban J connectivity index is 3.35. The molecule has 0 saturated carbocycles. The van der Waals surface area contributed by atoms with Gasteiger partial charge in [-0.05, 0) is 6.92 Å². The van der Waals surface area contributed by atoms with Crippen molar-refractivity contribution in [3.63, 3.8) is 0 Å². The molecule has 0 spiro atoms. The molecule has 0 aliphatic heterocycles. The first kappa shape index (κ1) is 8.34. The summed E-state index contributed by atoms with van der Waals surface area (Å²) in [6.45, 7) is 1.79. The zero-order valence-corrected chi connectivity index (χ0v) is 6.63. The molecular weight excluding hydrogens is 156 g/mol. The van der Waals surface area contributed by atoms with Crippen molar-refractivity contribution in [1.29, 1.82) is 0 Å². The van der Waals surface area contributed by atoms with Gasteiger partial charge in [0.2, 0.25) is 0 Å². The van der Waals surface area contributed by atoms with E-state index in [1.54, 1.807) is 6.92 Å². The fourth-order valence-electron chi connectivity index (χ4n) is 0.834. The number of aromatic amines is 1. The molecule has 4 heteroatoms. The van der Waals surface area contributed by atoms with Crippen LogP contribution in [0.15, 0.2) is 15.8 Å². The topological polar surface area (TPSA) is 54.9 Å². The van der Waals surface area contributed by atoms with Crippen LogP contribution < -0.4 is 11.2 Å². The summed E-state index contributed by atoms with van der Waals surface area (Å²) in [4.78, 5) is 24.0. The number of nitrogens with zero attached hydrogens (tertiary/aromatic N) is 1. The first-order valence-electron chi connectivity index (χ1n) is 3.39. The van der Waals surface area contributed by atoms with Crippen molar-refractivity contribution in [3.8, 4) is 12.3 Å². The Hall–Kier alpha value is -1.76. The molecule has 4 nitrogen and oxygen atoms in total. The lowest BCUT2D eigenvalue weighted by Gasteiger charge is -1.99. The molecule has 0 fully saturated rings. The standard InChI is InChI=1S/C8H8N2O2/c1-3-4-10-5-6(2)7(11)9-8(10)12/h1,5H,4H2,2H3,(H,9,11,12). The van der Waals surface area contributed by atoms with Gasteiger partial charge in [0.1, 0.15) is 0 Å². The van der Waals surface area contributed by atoms with Crippen LogP contribution in [0.1, 0.15) is 5.56 Å². The summed E-state index contributed by atoms with van der Waals surface area (Å²) in [5, 5.41) is 0. The minimum Gasteiger partial charge on any atom is -0.289 e. The van der Waals surface area contributed by atoms with E-state index in [1.165, 1.54) is 10.8 Å². The molecule has 0 aromatic carbocycles. The van der Waals surface area contributed by atoms with E-state index in [4.69, 9.17) is 6.42 Å². The Morgan fingerprint density at radius 1 is 1.67 bits per heavy atom. The first-order valence-corrected chi connectivity index (χ1v) is 3.39. The van der Waals surface area contributed by atoms with Crippen molar-refractivity contribution in [1.82, 2.24) is 9.55 Å². The SMILES string of the molecule is C#CCn1cc(C)c(=O)[nH]c1=O. The van der Waals surface area contributed by atoms with Crippen molar-refractivity contribution in [3.05, 3.63) is 32.6 Å². The summed E-state index contributed by atoms with van der Waals surface area (Å²) in [5.74, 6) is 2.31. The summed E-state index contributed by atoms with van der Waals surface area (Å²) in [5.41, 5.74) is -0.360. The number of hydrogen-bond donors (Lipinski definition) is 1. The molecular formula is C8H8N2O2. The average Bonchev–Trinajstić information content (AvgIpc) is 2.01. The third kappa shape index (κ3) is 1.45. The molecule has 0 atom stereocenters. The highest BCUT2D eigenvalue weighted by Crippen LogP contribution is 1.82. The Labute approximate surface area is 68.9 Å². The molecule has 0 aliphatic rings. The van der Waals surface area contributed by atoms with Gasteiger partial charge < -0.3 is 0 Å². The molecule has 1 N–H and O–H groups in total. The van der Waals surface area contributed by atoms with Crippen LogP contribution in [0.5, 0.6) is 0 Å². The molecule has 1 heterocycles. The van der Waals surface area contributed by atoms with Gasteiger partial charge in [0.05, 0.1) is 6.54 Å². The zero-order valence-electron chi connectivity index (χ0n) is 6.63. The van der Waals surface area contributed by atoms with Crippen LogP contribution in [-0.2, 0) is 6.54 Å². The van der Waals surface area contributed by atoms with Crippen LogP contribution >= 0.6 is 0 Å². The first-order chi connectivity index (χ1) is 5.65. The minimum absolute atomic E-state index is 0.177. The predicted molar refractivity (Wildman–Crippen MR) is 44.9 cm³/mol. The maximum atomic E-state index is 11.0. The lowest BCUT2D eigenvalue weighted by molar-refractivity contribution is 0.741. The van der Waals surface area contributed by atoms with Gasteiger partial charge in [-0.2, -0.15) is 0 Å². The van der Waals surface area contributed by atoms with Gasteiger partial charge in [-0.1, -0.05) is 5.92 Å². The van der Waals surface area contributed by atoms with E-state index < -0.39 is 5.69 Å². The second-order valence-electron chi connectivity index (χ2n) is 2.40. The highest BCUT2D eigenvalue weighted by molar-refractivity contribution is 5.02. The lowest BCUT2D eigenvalue weighted by atomic mass is 10.4. The van der Waals surface area contributed by atoms with Gasteiger partial charge in [-0.3, -0.25) is 14.3 Å². The quantitative estimate of drug-likeness (QED) is 0.568. The van der Waals surface area contributed by atoms with Crippen molar-refractivity contribution in [2.75, 3.05) is 0 Å². The largest absolute Gasteiger partial charge is 0.329 e. The lowest BCUT2D eigenvalue weighted by Crippen LogP contribution is -2.30. The van der Waals surface area contributed by atoms with E-state index in [2.05, 4.69) is 10.9 Å². The smallest absolute Gasteiger partial charge is 0.289 e. The molecule has 12 heavy (non-hydrogen) atoms. The Morgan fingerprint density at radius 3 is 2.92 bits per heavy atom. The molecule has 0 bridgehead atoms. The van der Waals surface area contributed by atoms with Crippen molar-refractivity contribution < 1.29 is 0 Å². The molecule has 0 aliphatic carbocycles. The fraction of sp³-hybridized carbons (Fsp3) is 0.250. The predicted octanol–water partition coefficient (Wildman–Crippen LogP) is -0.522. The number of hydrogen-bond acceptors (Lipinski definition) is 2. The Kier molecular flexibility index (Phi) is 2.15. The van der Waals surface area contributed by atoms with E-state index in [9.17, 15) is 9.59 Å². The van der Waals surface area contributed by atoms with E-state index in [1.807, 2.05) is 0 Å². The summed E-state index contributed by atoms with van der Waals surface area (Å²) < 4.78 is 1.27. The van der Waals surface area contributed by atoms with Crippen molar-refractivity contribution >= 4 is 0 Å². The van der Waals surface area contributed by atoms with Crippen LogP contribution in [0.4, 0.5) is 0 Å². The van der Waals surface area contributed by atoms with E-state index >= 15 is 0 Å². The highest BCUT2D eigenvalue weighted by atomic mass is 16.2. The van der Waals surface area contributed by atoms with Crippen LogP contribution in [0.2, 0.25) is 0 Å². The van der Waals surface area contributed by atoms with Crippen LogP contribution in [0.25, 0.3) is 0 Å². The third-order valence-corrected chi connectivity index (χ3v) is 1.45. The van der Waals surface area contributed by atoms with E-state index in [0.29, 0.717) is 5.56 Å². The van der Waals surface area contributed by atoms with Crippen molar-refractivity contribution in [2.45, 2.75) is 13.5 Å². The molecule has 0 unspecified atom stereocenters. The van der Waals surface area contributed by atoms with E-state index in [-0.39, 0.29) is 12.1 Å². The second kappa shape index (κ2) is 3.09. The van der Waals surface area contributed by atoms with Gasteiger partial charge >= 0.3 is 5.69 Å². The molecule has 0 radical (unpaired) electrons. The number of H-pyrrole nitrogens is 1. The maximum Gasteiger partial charge on any atom is 0.329 e. The number of aryl methyl sites for hydroxylation is 1. The van der Waals surface area contributed by atoms with E-state index in [0.717, 1.165) is 0 Å². The van der Waals surface area contributed by atoms with Crippen LogP contribution in [0, 0.1) is 19.3 Å². The molecule has 1 aromatic heterocycles. The van der Waals surface area contributed by atoms with Crippen molar-refractivity contribution in [2.24, 2.45) is 0 Å². The van der Waals surface area contributed by atoms with Gasteiger partial charge in [0, 0.05) is 11.8 Å². The Morgan fingerprint density at radius 2 is 2.33 bits per heavy atom. The van der Waals surface area contributed by atoms with Gasteiger partial charge in [0.15, 0.2) is 0 Å². The molecule has 62 valence electrons. The van der Waals surface area contributed by atoms with Crippen LogP contribution in [-0.4, -0.2) is 9.55 Å². The fourth-order valence-corrected chi connectivity index (χ4v) is 0.834. The number of aromatic nitrogens is 2. The van der Waals surface area contributed by atoms with Gasteiger partial charge in [-0.15, -0.1) is 6.42 Å². The summed E-state index contributed by atoms with van der Waals surface area (Å²) in [7, 11) is 0. The summed E-state index contributed by atoms with van der Waals surface area (Å²) in [6, 6.07) is 0. The average molecular weight is 164 g/mol. The summed E-state index contributed by atoms with van der Waals surface area (Å²) in [6.07, 6.45) is 6.46. The second-order valence-corrected chi connectivity index (χ2v) is 2.40. The monoisotopic (exact) mass is 164 g/mol. The number of rotatable bonds is 1. The van der Waals surface area contributed by atoms with Gasteiger partial charge in [-0.25, -0.2) is 4.79 Å².